The molecule has 2 heterocycles. The van der Waals surface area contributed by atoms with Crippen molar-refractivity contribution in [3.05, 3.63) is 82.7 Å². The van der Waals surface area contributed by atoms with Crippen LogP contribution in [-0.4, -0.2) is 34.8 Å². The van der Waals surface area contributed by atoms with E-state index in [1.165, 1.54) is 0 Å². The molecule has 0 aliphatic carbocycles. The molecule has 3 aromatic rings. The highest BCUT2D eigenvalue weighted by atomic mass is 16.5. The monoisotopic (exact) mass is 418 g/mol. The van der Waals surface area contributed by atoms with E-state index in [0.717, 1.165) is 22.6 Å². The van der Waals surface area contributed by atoms with Crippen LogP contribution in [0.15, 0.2) is 59.1 Å². The Bertz CT molecular complexity index is 1030. The van der Waals surface area contributed by atoms with Crippen LogP contribution in [-0.2, 0) is 6.61 Å². The molecule has 0 unspecified atom stereocenters. The number of aryl methyl sites for hydroxylation is 2. The van der Waals surface area contributed by atoms with Crippen molar-refractivity contribution < 1.29 is 18.8 Å². The number of nitrogens with zero attached hydrogens (tertiary/aromatic N) is 2. The summed E-state index contributed by atoms with van der Waals surface area (Å²) in [5.74, 6) is 1.57. The zero-order valence-corrected chi connectivity index (χ0v) is 17.8. The second kappa shape index (κ2) is 9.16. The minimum Gasteiger partial charge on any atom is -0.489 e. The van der Waals surface area contributed by atoms with Gasteiger partial charge in [-0.25, -0.2) is 0 Å². The molecule has 0 spiro atoms. The van der Waals surface area contributed by atoms with Crippen LogP contribution < -0.4 is 4.74 Å². The zero-order chi connectivity index (χ0) is 21.8. The molecule has 31 heavy (non-hydrogen) atoms. The van der Waals surface area contributed by atoms with Crippen LogP contribution in [0.3, 0.4) is 0 Å². The van der Waals surface area contributed by atoms with Crippen molar-refractivity contribution >= 4 is 11.7 Å². The van der Waals surface area contributed by atoms with E-state index in [1.807, 2.05) is 49.1 Å². The number of ether oxygens (including phenoxy) is 1. The van der Waals surface area contributed by atoms with Gasteiger partial charge < -0.3 is 14.2 Å². The van der Waals surface area contributed by atoms with Gasteiger partial charge >= 0.3 is 0 Å². The van der Waals surface area contributed by atoms with Gasteiger partial charge in [0.05, 0.1) is 11.3 Å². The van der Waals surface area contributed by atoms with Gasteiger partial charge in [0.1, 0.15) is 18.1 Å². The Morgan fingerprint density at radius 2 is 1.68 bits per heavy atom. The molecule has 0 atom stereocenters. The van der Waals surface area contributed by atoms with Crippen LogP contribution in [0.2, 0.25) is 0 Å². The van der Waals surface area contributed by atoms with Gasteiger partial charge in [-0.15, -0.1) is 0 Å². The van der Waals surface area contributed by atoms with E-state index < -0.39 is 0 Å². The smallest absolute Gasteiger partial charge is 0.253 e. The summed E-state index contributed by atoms with van der Waals surface area (Å²) in [6, 6.07) is 16.6. The summed E-state index contributed by atoms with van der Waals surface area (Å²) < 4.78 is 11.0. The first-order valence-electron chi connectivity index (χ1n) is 10.6. The summed E-state index contributed by atoms with van der Waals surface area (Å²) in [5.41, 5.74) is 3.13. The van der Waals surface area contributed by atoms with Crippen LogP contribution in [0.1, 0.15) is 50.6 Å². The Balaban J connectivity index is 1.31. The Morgan fingerprint density at radius 3 is 2.29 bits per heavy atom. The highest BCUT2D eigenvalue weighted by molar-refractivity contribution is 5.98. The molecular formula is C25H26N2O4. The number of piperidine rings is 1. The third-order valence-electron chi connectivity index (χ3n) is 5.88. The average molecular weight is 418 g/mol. The van der Waals surface area contributed by atoms with Crippen molar-refractivity contribution in [2.24, 2.45) is 5.92 Å². The number of aromatic nitrogens is 1. The molecule has 1 amide bonds. The normalized spacial score (nSPS) is 14.5. The summed E-state index contributed by atoms with van der Waals surface area (Å²) >= 11 is 0. The van der Waals surface area contributed by atoms with Crippen molar-refractivity contribution in [2.45, 2.75) is 33.3 Å². The number of Topliss-reactive ketones (excluding diaryl/α,β-unsaturated/α-hetero) is 1. The lowest BCUT2D eigenvalue weighted by Gasteiger charge is -2.31. The third-order valence-corrected chi connectivity index (χ3v) is 5.88. The van der Waals surface area contributed by atoms with Gasteiger partial charge in [0.2, 0.25) is 0 Å². The van der Waals surface area contributed by atoms with Crippen LogP contribution in [0, 0.1) is 19.8 Å². The fraction of sp³-hybridized carbons (Fsp3) is 0.320. The first kappa shape index (κ1) is 20.8. The van der Waals surface area contributed by atoms with Crippen molar-refractivity contribution in [3.8, 4) is 5.75 Å². The number of hydrogen-bond acceptors (Lipinski definition) is 5. The molecule has 1 fully saturated rings. The van der Waals surface area contributed by atoms with E-state index in [9.17, 15) is 9.59 Å². The molecule has 0 radical (unpaired) electrons. The summed E-state index contributed by atoms with van der Waals surface area (Å²) in [6.45, 7) is 5.29. The quantitative estimate of drug-likeness (QED) is 0.547. The predicted molar refractivity (Wildman–Crippen MR) is 116 cm³/mol. The standard InChI is InChI=1S/C25H26N2O4/c1-17-23(18(2)31-26-17)16-30-22-10-8-21(9-11-22)25(29)27-14-12-20(13-15-27)24(28)19-6-4-3-5-7-19/h3-11,20H,12-16H2,1-2H3. The SMILES string of the molecule is Cc1noc(C)c1COc1ccc(C(=O)N2CCC(C(=O)c3ccccc3)CC2)cc1. The van der Waals surface area contributed by atoms with E-state index in [0.29, 0.717) is 43.9 Å². The molecule has 1 aliphatic heterocycles. The number of likely N-dealkylation sites (tertiary alicyclic amines) is 1. The van der Waals surface area contributed by atoms with Crippen LogP contribution in [0.25, 0.3) is 0 Å². The third kappa shape index (κ3) is 4.68. The lowest BCUT2D eigenvalue weighted by molar-refractivity contribution is 0.0650. The lowest BCUT2D eigenvalue weighted by Crippen LogP contribution is -2.40. The number of ketones is 1. The Morgan fingerprint density at radius 1 is 1.00 bits per heavy atom. The van der Waals surface area contributed by atoms with Crippen molar-refractivity contribution in [1.82, 2.24) is 10.1 Å². The molecule has 0 bridgehead atoms. The molecule has 6 heteroatoms. The fourth-order valence-electron chi connectivity index (χ4n) is 3.92. The molecule has 6 nitrogen and oxygen atoms in total. The van der Waals surface area contributed by atoms with E-state index in [4.69, 9.17) is 9.26 Å². The molecule has 160 valence electrons. The Kier molecular flexibility index (Phi) is 6.16. The van der Waals surface area contributed by atoms with Gasteiger partial charge in [0, 0.05) is 30.1 Å². The molecule has 1 saturated heterocycles. The Labute approximate surface area is 181 Å². The summed E-state index contributed by atoms with van der Waals surface area (Å²) in [4.78, 5) is 27.3. The van der Waals surface area contributed by atoms with Gasteiger partial charge in [0.25, 0.3) is 5.91 Å². The molecule has 1 aliphatic rings. The van der Waals surface area contributed by atoms with Crippen molar-refractivity contribution in [2.75, 3.05) is 13.1 Å². The van der Waals surface area contributed by atoms with E-state index in [-0.39, 0.29) is 17.6 Å². The minimum absolute atomic E-state index is 0.0112. The number of amides is 1. The van der Waals surface area contributed by atoms with Gasteiger partial charge in [-0.3, -0.25) is 9.59 Å². The number of carbonyl (C=O) groups excluding carboxylic acids is 2. The maximum absolute atomic E-state index is 12.9. The van der Waals surface area contributed by atoms with E-state index in [2.05, 4.69) is 5.16 Å². The van der Waals surface area contributed by atoms with Gasteiger partial charge in [-0.1, -0.05) is 35.5 Å². The maximum Gasteiger partial charge on any atom is 0.253 e. The second-order valence-corrected chi connectivity index (χ2v) is 7.91. The first-order chi connectivity index (χ1) is 15.0. The number of rotatable bonds is 6. The van der Waals surface area contributed by atoms with Crippen LogP contribution >= 0.6 is 0 Å². The molecule has 0 saturated carbocycles. The Hall–Kier alpha value is -3.41. The summed E-state index contributed by atoms with van der Waals surface area (Å²) in [5, 5.41) is 3.92. The summed E-state index contributed by atoms with van der Waals surface area (Å²) in [6.07, 6.45) is 1.39. The van der Waals surface area contributed by atoms with Crippen LogP contribution in [0.5, 0.6) is 5.75 Å². The van der Waals surface area contributed by atoms with Crippen molar-refractivity contribution in [1.29, 1.82) is 0 Å². The van der Waals surface area contributed by atoms with Crippen LogP contribution in [0.4, 0.5) is 0 Å². The maximum atomic E-state index is 12.9. The van der Waals surface area contributed by atoms with Gasteiger partial charge in [-0.05, 0) is 51.0 Å². The minimum atomic E-state index is -0.0217. The number of benzene rings is 2. The predicted octanol–water partition coefficient (Wildman–Crippen LogP) is 4.61. The zero-order valence-electron chi connectivity index (χ0n) is 17.8. The second-order valence-electron chi connectivity index (χ2n) is 7.91. The average Bonchev–Trinajstić information content (AvgIpc) is 3.15. The van der Waals surface area contributed by atoms with Gasteiger partial charge in [-0.2, -0.15) is 0 Å². The highest BCUT2D eigenvalue weighted by Crippen LogP contribution is 2.24. The number of carbonyl (C=O) groups is 2. The van der Waals surface area contributed by atoms with Gasteiger partial charge in [0.15, 0.2) is 5.78 Å². The fourth-order valence-corrected chi connectivity index (χ4v) is 3.92. The first-order valence-corrected chi connectivity index (χ1v) is 10.6. The topological polar surface area (TPSA) is 72.6 Å². The molecule has 0 N–H and O–H groups in total. The number of hydrogen-bond donors (Lipinski definition) is 0. The largest absolute Gasteiger partial charge is 0.489 e. The summed E-state index contributed by atoms with van der Waals surface area (Å²) in [7, 11) is 0. The molecule has 1 aromatic heterocycles. The molecular weight excluding hydrogens is 392 g/mol. The molecule has 4 rings (SSSR count). The highest BCUT2D eigenvalue weighted by Gasteiger charge is 2.28. The van der Waals surface area contributed by atoms with E-state index >= 15 is 0 Å². The van der Waals surface area contributed by atoms with Crippen molar-refractivity contribution in [3.63, 3.8) is 0 Å². The van der Waals surface area contributed by atoms with E-state index in [1.54, 1.807) is 24.3 Å². The lowest BCUT2D eigenvalue weighted by atomic mass is 9.88. The molecule has 2 aromatic carbocycles.